The minimum absolute atomic E-state index is 0.104. The van der Waals surface area contributed by atoms with E-state index in [1.807, 2.05) is 0 Å². The smallest absolute Gasteiger partial charge is 0.312 e. The van der Waals surface area contributed by atoms with Gasteiger partial charge in [0.05, 0.1) is 4.92 Å². The topological polar surface area (TPSA) is 80.4 Å². The Bertz CT molecular complexity index is 391. The Morgan fingerprint density at radius 3 is 2.71 bits per heavy atom. The van der Waals surface area contributed by atoms with E-state index >= 15 is 0 Å². The molecule has 0 spiro atoms. The maximum absolute atomic E-state index is 10.4. The van der Waals surface area contributed by atoms with Gasteiger partial charge in [-0.05, 0) is 6.07 Å². The highest BCUT2D eigenvalue weighted by Crippen LogP contribution is 2.33. The molecule has 0 amide bonds. The summed E-state index contributed by atoms with van der Waals surface area (Å²) in [7, 11) is 0. The molecule has 0 saturated carbocycles. The second-order valence-electron chi connectivity index (χ2n) is 2.56. The van der Waals surface area contributed by atoms with Crippen molar-refractivity contribution in [1.82, 2.24) is 0 Å². The molecular weight excluding hydrogens is 210 g/mol. The summed E-state index contributed by atoms with van der Waals surface area (Å²) in [4.78, 5) is 19.9. The third kappa shape index (κ3) is 2.00. The van der Waals surface area contributed by atoms with Crippen LogP contribution in [0.1, 0.15) is 5.56 Å². The van der Waals surface area contributed by atoms with Gasteiger partial charge in [0.25, 0.3) is 0 Å². The lowest BCUT2D eigenvalue weighted by Crippen LogP contribution is -1.93. The summed E-state index contributed by atoms with van der Waals surface area (Å²) in [5.74, 6) is -0.508. The van der Waals surface area contributed by atoms with Crippen LogP contribution in [0.2, 0.25) is 5.02 Å². The molecular formula is C8H6ClNO4. The van der Waals surface area contributed by atoms with E-state index < -0.39 is 16.4 Å². The summed E-state index contributed by atoms with van der Waals surface area (Å²) in [5, 5.41) is 19.9. The lowest BCUT2D eigenvalue weighted by atomic mass is 10.1. The van der Waals surface area contributed by atoms with Crippen LogP contribution in [0, 0.1) is 10.1 Å². The van der Waals surface area contributed by atoms with Crippen LogP contribution in [0.4, 0.5) is 5.69 Å². The van der Waals surface area contributed by atoms with Crippen LogP contribution in [0.15, 0.2) is 12.1 Å². The summed E-state index contributed by atoms with van der Waals surface area (Å²) in [5.41, 5.74) is -0.339. The van der Waals surface area contributed by atoms with Crippen molar-refractivity contribution in [3.05, 3.63) is 32.8 Å². The third-order valence-electron chi connectivity index (χ3n) is 1.63. The van der Waals surface area contributed by atoms with E-state index in [2.05, 4.69) is 0 Å². The quantitative estimate of drug-likeness (QED) is 0.473. The molecule has 0 fully saturated rings. The molecule has 74 valence electrons. The summed E-state index contributed by atoms with van der Waals surface area (Å²) < 4.78 is 0. The Morgan fingerprint density at radius 1 is 1.57 bits per heavy atom. The number of nitro benzene ring substituents is 1. The van der Waals surface area contributed by atoms with Gasteiger partial charge < -0.3 is 9.90 Å². The number of nitrogens with zero attached hydrogens (tertiary/aromatic N) is 1. The van der Waals surface area contributed by atoms with E-state index in [1.165, 1.54) is 6.07 Å². The first-order valence-corrected chi connectivity index (χ1v) is 4.03. The average Bonchev–Trinajstić information content (AvgIpc) is 2.10. The number of halogens is 1. The molecule has 0 aliphatic heterocycles. The normalized spacial score (nSPS) is 9.79. The van der Waals surface area contributed by atoms with Crippen LogP contribution in [0.5, 0.6) is 5.75 Å². The molecule has 0 radical (unpaired) electrons. The van der Waals surface area contributed by atoms with Crippen molar-refractivity contribution in [2.75, 3.05) is 0 Å². The number of phenolic OH excluding ortho intramolecular Hbond substituents is 1. The number of carbonyl (C=O) groups is 1. The van der Waals surface area contributed by atoms with E-state index in [4.69, 9.17) is 11.6 Å². The predicted molar refractivity (Wildman–Crippen MR) is 49.5 cm³/mol. The number of nitro groups is 1. The van der Waals surface area contributed by atoms with Crippen LogP contribution < -0.4 is 0 Å². The lowest BCUT2D eigenvalue weighted by Gasteiger charge is -2.02. The molecule has 1 N–H and O–H groups in total. The van der Waals surface area contributed by atoms with Crippen LogP contribution in [-0.4, -0.2) is 16.3 Å². The van der Waals surface area contributed by atoms with Gasteiger partial charge in [-0.2, -0.15) is 0 Å². The van der Waals surface area contributed by atoms with Gasteiger partial charge in [-0.1, -0.05) is 11.6 Å². The zero-order valence-electron chi connectivity index (χ0n) is 6.94. The molecule has 1 rings (SSSR count). The number of phenols is 1. The molecule has 1 aromatic rings. The van der Waals surface area contributed by atoms with Gasteiger partial charge in [0.2, 0.25) is 0 Å². The molecule has 0 unspecified atom stereocenters. The van der Waals surface area contributed by atoms with Gasteiger partial charge >= 0.3 is 5.69 Å². The number of carbonyl (C=O) groups excluding carboxylic acids is 1. The van der Waals surface area contributed by atoms with Gasteiger partial charge in [-0.25, -0.2) is 0 Å². The summed E-state index contributed by atoms with van der Waals surface area (Å²) in [6.45, 7) is 0. The van der Waals surface area contributed by atoms with Crippen LogP contribution in [0.3, 0.4) is 0 Å². The second-order valence-corrected chi connectivity index (χ2v) is 3.00. The highest BCUT2D eigenvalue weighted by molar-refractivity contribution is 6.31. The molecule has 0 heterocycles. The zero-order valence-corrected chi connectivity index (χ0v) is 7.69. The SMILES string of the molecule is O=CCc1cc(Cl)cc([N+](=O)[O-])c1O. The Morgan fingerprint density at radius 2 is 2.21 bits per heavy atom. The molecule has 0 bridgehead atoms. The van der Waals surface area contributed by atoms with Crippen molar-refractivity contribution in [1.29, 1.82) is 0 Å². The maximum Gasteiger partial charge on any atom is 0.312 e. The molecule has 0 aromatic heterocycles. The number of hydrogen-bond donors (Lipinski definition) is 1. The van der Waals surface area contributed by atoms with E-state index in [-0.39, 0.29) is 17.0 Å². The van der Waals surface area contributed by atoms with Gasteiger partial charge in [0.15, 0.2) is 5.75 Å². The molecule has 0 saturated heterocycles. The maximum atomic E-state index is 10.4. The fraction of sp³-hybridized carbons (Fsp3) is 0.125. The molecule has 0 aliphatic carbocycles. The van der Waals surface area contributed by atoms with Crippen molar-refractivity contribution in [3.63, 3.8) is 0 Å². The predicted octanol–water partition coefficient (Wildman–Crippen LogP) is 1.70. The van der Waals surface area contributed by atoms with Crippen molar-refractivity contribution in [2.24, 2.45) is 0 Å². The summed E-state index contributed by atoms with van der Waals surface area (Å²) in [6.07, 6.45) is 0.433. The van der Waals surface area contributed by atoms with Crippen molar-refractivity contribution in [3.8, 4) is 5.75 Å². The minimum Gasteiger partial charge on any atom is -0.502 e. The number of rotatable bonds is 3. The van der Waals surface area contributed by atoms with Crippen LogP contribution in [-0.2, 0) is 11.2 Å². The van der Waals surface area contributed by atoms with E-state index in [0.717, 1.165) is 6.07 Å². The fourth-order valence-electron chi connectivity index (χ4n) is 1.02. The first-order valence-electron chi connectivity index (χ1n) is 3.65. The average molecular weight is 216 g/mol. The highest BCUT2D eigenvalue weighted by atomic mass is 35.5. The van der Waals surface area contributed by atoms with E-state index in [1.54, 1.807) is 0 Å². The molecule has 14 heavy (non-hydrogen) atoms. The Balaban J connectivity index is 3.31. The largest absolute Gasteiger partial charge is 0.502 e. The van der Waals surface area contributed by atoms with Gasteiger partial charge in [0, 0.05) is 23.1 Å². The Hall–Kier alpha value is -1.62. The first kappa shape index (κ1) is 10.5. The minimum atomic E-state index is -0.754. The Kier molecular flexibility index (Phi) is 3.03. The number of benzene rings is 1. The summed E-state index contributed by atoms with van der Waals surface area (Å²) >= 11 is 5.57. The Labute approximate surface area is 84.1 Å². The van der Waals surface area contributed by atoms with E-state index in [0.29, 0.717) is 6.29 Å². The molecule has 0 atom stereocenters. The van der Waals surface area contributed by atoms with Gasteiger partial charge in [0.1, 0.15) is 6.29 Å². The number of aldehydes is 1. The monoisotopic (exact) mass is 215 g/mol. The number of aromatic hydroxyl groups is 1. The lowest BCUT2D eigenvalue weighted by molar-refractivity contribution is -0.385. The third-order valence-corrected chi connectivity index (χ3v) is 1.85. The number of hydrogen-bond acceptors (Lipinski definition) is 4. The van der Waals surface area contributed by atoms with Crippen LogP contribution >= 0.6 is 11.6 Å². The molecule has 6 heteroatoms. The summed E-state index contributed by atoms with van der Waals surface area (Å²) in [6, 6.07) is 2.35. The first-order chi connectivity index (χ1) is 6.56. The molecule has 5 nitrogen and oxygen atoms in total. The van der Waals surface area contributed by atoms with Crippen molar-refractivity contribution < 1.29 is 14.8 Å². The van der Waals surface area contributed by atoms with Crippen molar-refractivity contribution >= 4 is 23.6 Å². The van der Waals surface area contributed by atoms with Crippen molar-refractivity contribution in [2.45, 2.75) is 6.42 Å². The molecule has 0 aliphatic rings. The second kappa shape index (κ2) is 4.06. The zero-order chi connectivity index (χ0) is 10.7. The van der Waals surface area contributed by atoms with Crippen LogP contribution in [0.25, 0.3) is 0 Å². The van der Waals surface area contributed by atoms with E-state index in [9.17, 15) is 20.0 Å². The van der Waals surface area contributed by atoms with Gasteiger partial charge in [-0.15, -0.1) is 0 Å². The fourth-order valence-corrected chi connectivity index (χ4v) is 1.26. The molecule has 1 aromatic carbocycles. The van der Waals surface area contributed by atoms with Gasteiger partial charge in [-0.3, -0.25) is 10.1 Å². The standard InChI is InChI=1S/C8H6ClNO4/c9-6-3-5(1-2-11)8(12)7(4-6)10(13)14/h2-4,12H,1H2. The highest BCUT2D eigenvalue weighted by Gasteiger charge is 2.17.